The second kappa shape index (κ2) is 16.8. The van der Waals surface area contributed by atoms with Gasteiger partial charge < -0.3 is 4.90 Å². The first-order valence-corrected chi connectivity index (χ1v) is 17.1. The molecule has 7 nitrogen and oxygen atoms in total. The number of amides is 3. The summed E-state index contributed by atoms with van der Waals surface area (Å²) in [5, 5.41) is 4.00. The molecule has 5 atom stereocenters. The largest absolute Gasteiger partial charge is 0.326 e. The Hall–Kier alpha value is -1.96. The van der Waals surface area contributed by atoms with Gasteiger partial charge in [0.25, 0.3) is 0 Å². The van der Waals surface area contributed by atoms with Crippen LogP contribution in [0.2, 0.25) is 0 Å². The van der Waals surface area contributed by atoms with E-state index in [-0.39, 0.29) is 30.1 Å². The van der Waals surface area contributed by atoms with Gasteiger partial charge in [0.1, 0.15) is 0 Å². The Morgan fingerprint density at radius 3 is 2.24 bits per heavy atom. The van der Waals surface area contributed by atoms with Crippen molar-refractivity contribution in [1.29, 1.82) is 0 Å². The first-order valence-electron chi connectivity index (χ1n) is 17.1. The van der Waals surface area contributed by atoms with Crippen molar-refractivity contribution in [1.82, 2.24) is 24.9 Å². The van der Waals surface area contributed by atoms with E-state index < -0.39 is 0 Å². The van der Waals surface area contributed by atoms with E-state index in [0.29, 0.717) is 24.5 Å². The highest BCUT2D eigenvalue weighted by molar-refractivity contribution is 5.98. The molecule has 0 bridgehead atoms. The lowest BCUT2D eigenvalue weighted by Gasteiger charge is -2.48. The number of fused-ring (bicyclic) bond motifs is 1. The molecule has 0 radical (unpaired) electrons. The van der Waals surface area contributed by atoms with Gasteiger partial charge in [-0.1, -0.05) is 92.0 Å². The van der Waals surface area contributed by atoms with Gasteiger partial charge in [-0.25, -0.2) is 4.79 Å². The number of urea groups is 1. The topological polar surface area (TPSA) is 59.1 Å². The zero-order chi connectivity index (χ0) is 30.8. The average molecular weight is 584 g/mol. The van der Waals surface area contributed by atoms with E-state index in [1.54, 1.807) is 7.05 Å². The molecule has 2 aliphatic heterocycles. The van der Waals surface area contributed by atoms with E-state index in [1.165, 1.54) is 35.3 Å². The third kappa shape index (κ3) is 8.35. The number of carbonyl (C=O) groups is 2. The Labute approximate surface area is 257 Å². The van der Waals surface area contributed by atoms with Crippen LogP contribution in [0.25, 0.3) is 0 Å². The van der Waals surface area contributed by atoms with E-state index in [4.69, 9.17) is 0 Å². The van der Waals surface area contributed by atoms with E-state index in [1.807, 2.05) is 4.90 Å². The lowest BCUT2D eigenvalue weighted by Crippen LogP contribution is -2.67. The summed E-state index contributed by atoms with van der Waals surface area (Å²) >= 11 is 0. The molecule has 1 N–H and O–H groups in total. The van der Waals surface area contributed by atoms with Gasteiger partial charge >= 0.3 is 6.03 Å². The van der Waals surface area contributed by atoms with Gasteiger partial charge in [0.15, 0.2) is 0 Å². The van der Waals surface area contributed by atoms with Crippen LogP contribution in [-0.2, 0) is 11.3 Å². The second-order valence-electron chi connectivity index (χ2n) is 13.1. The maximum Gasteiger partial charge on any atom is 0.326 e. The molecule has 0 saturated carbocycles. The summed E-state index contributed by atoms with van der Waals surface area (Å²) < 4.78 is 0. The zero-order valence-corrected chi connectivity index (χ0v) is 28.1. The van der Waals surface area contributed by atoms with Gasteiger partial charge in [-0.2, -0.15) is 0 Å². The Morgan fingerprint density at radius 1 is 0.976 bits per heavy atom. The maximum atomic E-state index is 14.0. The number of benzene rings is 1. The molecule has 0 aromatic heterocycles. The fourth-order valence-electron chi connectivity index (χ4n) is 7.23. The highest BCUT2D eigenvalue weighted by atomic mass is 16.2. The molecule has 7 heteroatoms. The minimum Gasteiger partial charge on any atom is -0.320 e. The van der Waals surface area contributed by atoms with Crippen molar-refractivity contribution < 1.29 is 9.59 Å². The molecule has 2 saturated heterocycles. The molecule has 1 aromatic rings. The standard InChI is InChI=1S/C35H61N5O2/c1-9-14-17-29(11-3)36-33-32-31(40(24-26(6)7)35(42)37(8)34(32)41)18-15-23-39(33)25-27-19-21-28(22-20-27)30(16-10-2)38(12-4)13-5/h19-22,26,29-33,36H,9-18,23-25H2,1-8H3. The third-order valence-corrected chi connectivity index (χ3v) is 9.57. The van der Waals surface area contributed by atoms with Crippen LogP contribution in [0.1, 0.15) is 117 Å². The van der Waals surface area contributed by atoms with Crippen LogP contribution >= 0.6 is 0 Å². The number of carbonyl (C=O) groups excluding carboxylic acids is 2. The van der Waals surface area contributed by atoms with Crippen molar-refractivity contribution in [3.8, 4) is 0 Å². The third-order valence-electron chi connectivity index (χ3n) is 9.57. The molecule has 1 aromatic carbocycles. The van der Waals surface area contributed by atoms with E-state index in [0.717, 1.165) is 58.3 Å². The Kier molecular flexibility index (Phi) is 13.8. The SMILES string of the molecule is CCCCC(CC)NC1C2C(=O)N(C)C(=O)N(CC(C)C)C2CCCN1Cc1ccc(C(CCC)N(CC)CC)cc1. The minimum atomic E-state index is -0.277. The van der Waals surface area contributed by atoms with Crippen molar-refractivity contribution in [3.05, 3.63) is 35.4 Å². The first kappa shape index (κ1) is 34.5. The molecule has 2 fully saturated rings. The van der Waals surface area contributed by atoms with Crippen LogP contribution in [0.15, 0.2) is 24.3 Å². The van der Waals surface area contributed by atoms with Gasteiger partial charge in [0, 0.05) is 44.8 Å². The lowest BCUT2D eigenvalue weighted by atomic mass is 9.87. The maximum absolute atomic E-state index is 14.0. The number of rotatable bonds is 16. The molecule has 42 heavy (non-hydrogen) atoms. The highest BCUT2D eigenvalue weighted by Gasteiger charge is 2.50. The van der Waals surface area contributed by atoms with Gasteiger partial charge in [-0.3, -0.25) is 24.8 Å². The van der Waals surface area contributed by atoms with Gasteiger partial charge in [0.2, 0.25) is 5.91 Å². The molecule has 3 amide bonds. The van der Waals surface area contributed by atoms with Crippen LogP contribution in [0.3, 0.4) is 0 Å². The second-order valence-corrected chi connectivity index (χ2v) is 13.1. The molecule has 3 rings (SSSR count). The highest BCUT2D eigenvalue weighted by Crippen LogP contribution is 2.34. The first-order chi connectivity index (χ1) is 20.2. The van der Waals surface area contributed by atoms with Gasteiger partial charge in [-0.15, -0.1) is 0 Å². The Morgan fingerprint density at radius 2 is 1.67 bits per heavy atom. The monoisotopic (exact) mass is 583 g/mol. The quantitative estimate of drug-likeness (QED) is 0.230. The summed E-state index contributed by atoms with van der Waals surface area (Å²) in [4.78, 5) is 35.8. The molecular weight excluding hydrogens is 522 g/mol. The van der Waals surface area contributed by atoms with Crippen LogP contribution in [0.4, 0.5) is 4.79 Å². The summed E-state index contributed by atoms with van der Waals surface area (Å²) in [5.41, 5.74) is 2.68. The summed E-state index contributed by atoms with van der Waals surface area (Å²) in [5.74, 6) is 0.0403. The normalized spacial score (nSPS) is 23.4. The van der Waals surface area contributed by atoms with Crippen molar-refractivity contribution in [3.63, 3.8) is 0 Å². The number of nitrogens with zero attached hydrogens (tertiary/aromatic N) is 4. The average Bonchev–Trinajstić information content (AvgIpc) is 3.15. The molecule has 0 spiro atoms. The number of nitrogens with one attached hydrogen (secondary N) is 1. The zero-order valence-electron chi connectivity index (χ0n) is 28.1. The van der Waals surface area contributed by atoms with Crippen molar-refractivity contribution >= 4 is 11.9 Å². The molecule has 2 heterocycles. The van der Waals surface area contributed by atoms with Crippen LogP contribution in [0, 0.1) is 11.8 Å². The van der Waals surface area contributed by atoms with E-state index >= 15 is 0 Å². The molecule has 238 valence electrons. The fraction of sp³-hybridized carbons (Fsp3) is 0.771. The molecule has 0 aliphatic carbocycles. The van der Waals surface area contributed by atoms with Crippen LogP contribution < -0.4 is 5.32 Å². The number of likely N-dealkylation sites (tertiary alicyclic amines) is 1. The summed E-state index contributed by atoms with van der Waals surface area (Å²) in [6.07, 6.45) is 8.53. The van der Waals surface area contributed by atoms with Crippen LogP contribution in [0.5, 0.6) is 0 Å². The number of imide groups is 1. The van der Waals surface area contributed by atoms with E-state index in [2.05, 4.69) is 87.8 Å². The predicted molar refractivity (Wildman–Crippen MR) is 174 cm³/mol. The summed E-state index contributed by atoms with van der Waals surface area (Å²) in [6, 6.07) is 9.86. The number of hydrogen-bond acceptors (Lipinski definition) is 5. The molecular formula is C35H61N5O2. The predicted octanol–water partition coefficient (Wildman–Crippen LogP) is 6.88. The Bertz CT molecular complexity index is 963. The Balaban J connectivity index is 1.94. The number of hydrogen-bond donors (Lipinski definition) is 1. The van der Waals surface area contributed by atoms with Crippen molar-refractivity contribution in [2.45, 2.75) is 131 Å². The van der Waals surface area contributed by atoms with Gasteiger partial charge in [0.05, 0.1) is 12.1 Å². The smallest absolute Gasteiger partial charge is 0.320 e. The minimum absolute atomic E-state index is 0.0308. The van der Waals surface area contributed by atoms with Crippen LogP contribution in [-0.4, -0.2) is 83.0 Å². The molecule has 5 unspecified atom stereocenters. The summed E-state index contributed by atoms with van der Waals surface area (Å²) in [7, 11) is 1.68. The lowest BCUT2D eigenvalue weighted by molar-refractivity contribution is -0.141. The van der Waals surface area contributed by atoms with Crippen molar-refractivity contribution in [2.24, 2.45) is 11.8 Å². The summed E-state index contributed by atoms with van der Waals surface area (Å²) in [6.45, 7) is 20.1. The van der Waals surface area contributed by atoms with E-state index in [9.17, 15) is 9.59 Å². The van der Waals surface area contributed by atoms with Gasteiger partial charge in [-0.05, 0) is 62.2 Å². The fourth-order valence-corrected chi connectivity index (χ4v) is 7.23. The molecule has 2 aliphatic rings. The van der Waals surface area contributed by atoms with Crippen molar-refractivity contribution in [2.75, 3.05) is 33.2 Å². The number of unbranched alkanes of at least 4 members (excludes halogenated alkanes) is 1.